The summed E-state index contributed by atoms with van der Waals surface area (Å²) in [7, 11) is 0. The molecule has 0 saturated carbocycles. The standard InChI is InChI=1S/C26H25N3O2/c1-17(30)20-5-3-19(4-6-20)15-29-11-12-31-26-10-8-21(13-23(26)16-29)22-7-9-24-25(14-22)28-18(2)27-24/h3-10,13-14H,11-12,15-16H2,1-2H3,(H,27,28). The zero-order valence-corrected chi connectivity index (χ0v) is 17.8. The topological polar surface area (TPSA) is 58.2 Å². The Morgan fingerprint density at radius 3 is 2.65 bits per heavy atom. The molecule has 0 saturated heterocycles. The van der Waals surface area contributed by atoms with Gasteiger partial charge in [0.15, 0.2) is 5.78 Å². The third kappa shape index (κ3) is 4.09. The first-order valence-corrected chi connectivity index (χ1v) is 10.6. The summed E-state index contributed by atoms with van der Waals surface area (Å²) in [5.74, 6) is 1.98. The predicted octanol–water partition coefficient (Wildman–Crippen LogP) is 5.14. The van der Waals surface area contributed by atoms with Gasteiger partial charge in [-0.15, -0.1) is 0 Å². The van der Waals surface area contributed by atoms with Crippen molar-refractivity contribution >= 4 is 16.8 Å². The number of aryl methyl sites for hydroxylation is 1. The molecule has 1 aliphatic rings. The Morgan fingerprint density at radius 1 is 1.06 bits per heavy atom. The maximum atomic E-state index is 11.5. The molecule has 156 valence electrons. The first-order chi connectivity index (χ1) is 15.0. The molecule has 0 amide bonds. The molecule has 5 nitrogen and oxygen atoms in total. The van der Waals surface area contributed by atoms with Crippen LogP contribution in [-0.4, -0.2) is 33.8 Å². The van der Waals surface area contributed by atoms with E-state index >= 15 is 0 Å². The second kappa shape index (κ2) is 8.00. The molecule has 0 bridgehead atoms. The largest absolute Gasteiger partial charge is 0.492 e. The summed E-state index contributed by atoms with van der Waals surface area (Å²) in [4.78, 5) is 21.7. The van der Waals surface area contributed by atoms with Crippen molar-refractivity contribution in [2.24, 2.45) is 0 Å². The van der Waals surface area contributed by atoms with Gasteiger partial charge in [0.2, 0.25) is 0 Å². The number of carbonyl (C=O) groups is 1. The van der Waals surface area contributed by atoms with E-state index in [0.717, 1.165) is 53.4 Å². The molecular weight excluding hydrogens is 386 g/mol. The Kier molecular flexibility index (Phi) is 5.04. The second-order valence-electron chi connectivity index (χ2n) is 8.19. The third-order valence-corrected chi connectivity index (χ3v) is 5.82. The molecule has 3 aromatic carbocycles. The number of ether oxygens (including phenoxy) is 1. The Bertz CT molecular complexity index is 1260. The minimum atomic E-state index is 0.0969. The van der Waals surface area contributed by atoms with Crippen LogP contribution < -0.4 is 4.74 Å². The molecule has 0 radical (unpaired) electrons. The van der Waals surface area contributed by atoms with E-state index in [9.17, 15) is 4.79 Å². The van der Waals surface area contributed by atoms with Crippen molar-refractivity contribution < 1.29 is 9.53 Å². The highest BCUT2D eigenvalue weighted by molar-refractivity contribution is 5.94. The Labute approximate surface area is 181 Å². The molecule has 2 heterocycles. The Morgan fingerprint density at radius 2 is 1.84 bits per heavy atom. The normalized spacial score (nSPS) is 14.1. The van der Waals surface area contributed by atoms with Crippen LogP contribution in [0.3, 0.4) is 0 Å². The van der Waals surface area contributed by atoms with E-state index in [1.807, 2.05) is 31.2 Å². The summed E-state index contributed by atoms with van der Waals surface area (Å²) < 4.78 is 6.03. The average Bonchev–Trinajstić information content (AvgIpc) is 3.01. The van der Waals surface area contributed by atoms with Crippen LogP contribution in [0.2, 0.25) is 0 Å². The molecule has 0 unspecified atom stereocenters. The van der Waals surface area contributed by atoms with Gasteiger partial charge in [0.25, 0.3) is 0 Å². The number of H-pyrrole nitrogens is 1. The number of hydrogen-bond donors (Lipinski definition) is 1. The van der Waals surface area contributed by atoms with Crippen LogP contribution in [0.15, 0.2) is 60.7 Å². The van der Waals surface area contributed by atoms with Crippen LogP contribution in [0, 0.1) is 6.92 Å². The minimum Gasteiger partial charge on any atom is -0.492 e. The summed E-state index contributed by atoms with van der Waals surface area (Å²) in [5, 5.41) is 0. The lowest BCUT2D eigenvalue weighted by Crippen LogP contribution is -2.25. The number of nitrogens with zero attached hydrogens (tertiary/aromatic N) is 2. The van der Waals surface area contributed by atoms with Crippen molar-refractivity contribution in [1.82, 2.24) is 14.9 Å². The molecule has 0 atom stereocenters. The number of imidazole rings is 1. The van der Waals surface area contributed by atoms with Crippen LogP contribution >= 0.6 is 0 Å². The van der Waals surface area contributed by atoms with Gasteiger partial charge >= 0.3 is 0 Å². The zero-order valence-electron chi connectivity index (χ0n) is 17.8. The summed E-state index contributed by atoms with van der Waals surface area (Å²) in [6.07, 6.45) is 0. The van der Waals surface area contributed by atoms with Crippen LogP contribution in [0.25, 0.3) is 22.2 Å². The average molecular weight is 412 g/mol. The smallest absolute Gasteiger partial charge is 0.159 e. The number of aromatic amines is 1. The summed E-state index contributed by atoms with van der Waals surface area (Å²) >= 11 is 0. The van der Waals surface area contributed by atoms with Crippen molar-refractivity contribution in [3.8, 4) is 16.9 Å². The van der Waals surface area contributed by atoms with Gasteiger partial charge in [0.05, 0.1) is 11.0 Å². The summed E-state index contributed by atoms with van der Waals surface area (Å²) in [6.45, 7) is 6.74. The summed E-state index contributed by atoms with van der Waals surface area (Å²) in [5.41, 5.74) is 7.51. The van der Waals surface area contributed by atoms with E-state index < -0.39 is 0 Å². The summed E-state index contributed by atoms with van der Waals surface area (Å²) in [6, 6.07) is 20.7. The fraction of sp³-hybridized carbons (Fsp3) is 0.231. The highest BCUT2D eigenvalue weighted by Gasteiger charge is 2.17. The number of hydrogen-bond acceptors (Lipinski definition) is 4. The van der Waals surface area contributed by atoms with Crippen molar-refractivity contribution in [2.75, 3.05) is 13.2 Å². The first-order valence-electron chi connectivity index (χ1n) is 10.6. The number of aromatic nitrogens is 2. The number of ketones is 1. The number of carbonyl (C=O) groups excluding carboxylic acids is 1. The number of fused-ring (bicyclic) bond motifs is 2. The lowest BCUT2D eigenvalue weighted by atomic mass is 10.0. The van der Waals surface area contributed by atoms with E-state index in [0.29, 0.717) is 6.61 Å². The lowest BCUT2D eigenvalue weighted by Gasteiger charge is -2.19. The van der Waals surface area contributed by atoms with Gasteiger partial charge in [-0.05, 0) is 54.8 Å². The molecule has 31 heavy (non-hydrogen) atoms. The number of rotatable bonds is 4. The predicted molar refractivity (Wildman–Crippen MR) is 122 cm³/mol. The van der Waals surface area contributed by atoms with Crippen LogP contribution in [0.1, 0.15) is 34.2 Å². The molecule has 0 aliphatic carbocycles. The van der Waals surface area contributed by atoms with Gasteiger partial charge in [-0.2, -0.15) is 0 Å². The molecule has 1 N–H and O–H groups in total. The lowest BCUT2D eigenvalue weighted by molar-refractivity contribution is 0.101. The molecule has 0 spiro atoms. The minimum absolute atomic E-state index is 0.0969. The first kappa shape index (κ1) is 19.5. The van der Waals surface area contributed by atoms with E-state index in [4.69, 9.17) is 4.74 Å². The highest BCUT2D eigenvalue weighted by Crippen LogP contribution is 2.31. The van der Waals surface area contributed by atoms with E-state index in [1.165, 1.54) is 16.7 Å². The van der Waals surface area contributed by atoms with Gasteiger partial charge < -0.3 is 9.72 Å². The van der Waals surface area contributed by atoms with Crippen LogP contribution in [0.4, 0.5) is 0 Å². The van der Waals surface area contributed by atoms with E-state index in [1.54, 1.807) is 6.92 Å². The molecule has 5 heteroatoms. The number of benzene rings is 3. The quantitative estimate of drug-likeness (QED) is 0.473. The van der Waals surface area contributed by atoms with E-state index in [2.05, 4.69) is 51.3 Å². The Balaban J connectivity index is 1.39. The van der Waals surface area contributed by atoms with Gasteiger partial charge in [-0.3, -0.25) is 9.69 Å². The number of nitrogens with one attached hydrogen (secondary N) is 1. The fourth-order valence-electron chi connectivity index (χ4n) is 4.18. The van der Waals surface area contributed by atoms with Gasteiger partial charge in [0.1, 0.15) is 18.2 Å². The van der Waals surface area contributed by atoms with Crippen LogP contribution in [0.5, 0.6) is 5.75 Å². The van der Waals surface area contributed by atoms with Crippen molar-refractivity contribution in [2.45, 2.75) is 26.9 Å². The van der Waals surface area contributed by atoms with Gasteiger partial charge in [-0.1, -0.05) is 36.4 Å². The monoisotopic (exact) mass is 411 g/mol. The molecular formula is C26H25N3O2. The second-order valence-corrected chi connectivity index (χ2v) is 8.19. The molecule has 0 fully saturated rings. The van der Waals surface area contributed by atoms with Gasteiger partial charge in [0, 0.05) is 30.8 Å². The number of Topliss-reactive ketones (excluding diaryl/α,β-unsaturated/α-hetero) is 1. The molecule has 1 aliphatic heterocycles. The van der Waals surface area contributed by atoms with Crippen molar-refractivity contribution in [3.05, 3.63) is 83.2 Å². The van der Waals surface area contributed by atoms with Crippen LogP contribution in [-0.2, 0) is 13.1 Å². The third-order valence-electron chi connectivity index (χ3n) is 5.82. The maximum Gasteiger partial charge on any atom is 0.159 e. The SMILES string of the molecule is CC(=O)c1ccc(CN2CCOc3ccc(-c4ccc5nc(C)[nH]c5c4)cc3C2)cc1. The zero-order chi connectivity index (χ0) is 21.4. The molecule has 4 aromatic rings. The van der Waals surface area contributed by atoms with Crippen molar-refractivity contribution in [1.29, 1.82) is 0 Å². The van der Waals surface area contributed by atoms with Crippen molar-refractivity contribution in [3.63, 3.8) is 0 Å². The Hall–Kier alpha value is -3.44. The molecule has 1 aromatic heterocycles. The maximum absolute atomic E-state index is 11.5. The molecule has 5 rings (SSSR count). The van der Waals surface area contributed by atoms with E-state index in [-0.39, 0.29) is 5.78 Å². The fourth-order valence-corrected chi connectivity index (χ4v) is 4.18. The highest BCUT2D eigenvalue weighted by atomic mass is 16.5. The van der Waals surface area contributed by atoms with Gasteiger partial charge in [-0.25, -0.2) is 4.98 Å².